The number of nitrogens with two attached hydrogens (primary N) is 1. The average Bonchev–Trinajstić information content (AvgIpc) is 3.56. The van der Waals surface area contributed by atoms with Crippen molar-refractivity contribution in [2.75, 3.05) is 5.73 Å². The zero-order valence-corrected chi connectivity index (χ0v) is 39.2. The van der Waals surface area contributed by atoms with Gasteiger partial charge in [0.1, 0.15) is 0 Å². The van der Waals surface area contributed by atoms with Crippen LogP contribution < -0.4 is 5.73 Å². The molecule has 0 saturated carbocycles. The van der Waals surface area contributed by atoms with E-state index in [2.05, 4.69) is 194 Å². The van der Waals surface area contributed by atoms with Crippen molar-refractivity contribution in [2.45, 2.75) is 93.9 Å². The summed E-state index contributed by atoms with van der Waals surface area (Å²) in [5.41, 5.74) is 18.3. The minimum absolute atomic E-state index is 0.516. The van der Waals surface area contributed by atoms with Gasteiger partial charge in [0, 0.05) is 5.69 Å². The second kappa shape index (κ2) is 31.7. The minimum Gasteiger partial charge on any atom is -0.399 e. The molecule has 0 heterocycles. The van der Waals surface area contributed by atoms with Crippen LogP contribution in [-0.4, -0.2) is 0 Å². The largest absolute Gasteiger partial charge is 0.399 e. The number of aryl methyl sites for hydroxylation is 1. The van der Waals surface area contributed by atoms with Gasteiger partial charge in [0.25, 0.3) is 0 Å². The molecule has 2 aliphatic rings. The third-order valence-electron chi connectivity index (χ3n) is 9.51. The first-order valence-corrected chi connectivity index (χ1v) is 22.2. The third-order valence-corrected chi connectivity index (χ3v) is 9.51. The molecular weight excluding hydrogens is 735 g/mol. The quantitative estimate of drug-likeness (QED) is 0.143. The normalized spacial score (nSPS) is 18.5. The predicted molar refractivity (Wildman–Crippen MR) is 279 cm³/mol. The molecule has 61 heavy (non-hydrogen) atoms. The summed E-state index contributed by atoms with van der Waals surface area (Å²) in [6.07, 6.45) is 46.0. The van der Waals surface area contributed by atoms with E-state index >= 15 is 0 Å². The molecule has 1 unspecified atom stereocenters. The van der Waals surface area contributed by atoms with Crippen LogP contribution in [0.5, 0.6) is 0 Å². The topological polar surface area (TPSA) is 26.0 Å². The second-order valence-electron chi connectivity index (χ2n) is 13.7. The monoisotopic (exact) mass is 810 g/mol. The maximum atomic E-state index is 5.95. The summed E-state index contributed by atoms with van der Waals surface area (Å²) in [6.45, 7) is 29.0. The number of benzene rings is 3. The fourth-order valence-corrected chi connectivity index (χ4v) is 6.94. The Morgan fingerprint density at radius 3 is 2.07 bits per heavy atom. The molecule has 320 valence electrons. The molecule has 0 aliphatic heterocycles. The summed E-state index contributed by atoms with van der Waals surface area (Å²) in [5.74, 6) is 0. The number of nitrogen functional groups attached to an aromatic ring is 1. The fourth-order valence-electron chi connectivity index (χ4n) is 6.94. The molecule has 5 rings (SSSR count). The van der Waals surface area contributed by atoms with E-state index < -0.39 is 5.41 Å². The predicted octanol–water partition coefficient (Wildman–Crippen LogP) is 17.7. The zero-order valence-electron chi connectivity index (χ0n) is 39.2. The molecule has 2 aliphatic carbocycles. The van der Waals surface area contributed by atoms with E-state index in [-0.39, 0.29) is 0 Å². The molecule has 0 radical (unpaired) electrons. The highest BCUT2D eigenvalue weighted by atomic mass is 14.5. The number of rotatable bonds is 12. The van der Waals surface area contributed by atoms with Crippen LogP contribution in [0.4, 0.5) is 5.69 Å². The molecule has 0 bridgehead atoms. The van der Waals surface area contributed by atoms with E-state index in [0.717, 1.165) is 34.4 Å². The lowest BCUT2D eigenvalue weighted by Crippen LogP contribution is -2.30. The van der Waals surface area contributed by atoms with Crippen molar-refractivity contribution in [1.82, 2.24) is 0 Å². The fraction of sp³-hybridized carbons (Fsp3) is 0.233. The third kappa shape index (κ3) is 16.4. The van der Waals surface area contributed by atoms with Gasteiger partial charge >= 0.3 is 0 Å². The molecular formula is C60H75N. The van der Waals surface area contributed by atoms with Crippen molar-refractivity contribution in [3.63, 3.8) is 0 Å². The Labute approximate surface area is 373 Å². The molecule has 0 saturated heterocycles. The number of allylic oxidation sites excluding steroid dienone is 25. The van der Waals surface area contributed by atoms with E-state index in [1.54, 1.807) is 0 Å². The van der Waals surface area contributed by atoms with Crippen molar-refractivity contribution >= 4 is 17.3 Å². The van der Waals surface area contributed by atoms with Crippen LogP contribution in [0.25, 0.3) is 11.6 Å². The molecule has 1 heteroatoms. The second-order valence-corrected chi connectivity index (χ2v) is 13.7. The highest BCUT2D eigenvalue weighted by molar-refractivity contribution is 5.93. The van der Waals surface area contributed by atoms with Crippen molar-refractivity contribution in [3.05, 3.63) is 258 Å². The lowest BCUT2D eigenvalue weighted by Gasteiger charge is -2.36. The van der Waals surface area contributed by atoms with Crippen LogP contribution in [0.15, 0.2) is 235 Å². The van der Waals surface area contributed by atoms with E-state index in [1.165, 1.54) is 46.3 Å². The summed E-state index contributed by atoms with van der Waals surface area (Å²) < 4.78 is 0. The average molecular weight is 810 g/mol. The summed E-state index contributed by atoms with van der Waals surface area (Å²) in [6, 6.07) is 26.8. The zero-order chi connectivity index (χ0) is 45.3. The van der Waals surface area contributed by atoms with E-state index in [1.807, 2.05) is 89.2 Å². The Bertz CT molecular complexity index is 2140. The van der Waals surface area contributed by atoms with Crippen molar-refractivity contribution < 1.29 is 0 Å². The number of hydrogen-bond donors (Lipinski definition) is 1. The Kier molecular flexibility index (Phi) is 27.5. The van der Waals surface area contributed by atoms with Gasteiger partial charge in [-0.2, -0.15) is 0 Å². The molecule has 0 fully saturated rings. The molecule has 3 aromatic carbocycles. The smallest absolute Gasteiger partial charge is 0.0713 e. The van der Waals surface area contributed by atoms with Gasteiger partial charge < -0.3 is 5.73 Å². The lowest BCUT2D eigenvalue weighted by molar-refractivity contribution is 0.758. The van der Waals surface area contributed by atoms with E-state index in [0.29, 0.717) is 0 Å². The van der Waals surface area contributed by atoms with Gasteiger partial charge in [-0.1, -0.05) is 261 Å². The number of anilines is 1. The summed E-state index contributed by atoms with van der Waals surface area (Å²) in [4.78, 5) is 0. The highest BCUT2D eigenvalue weighted by Gasteiger charge is 2.47. The maximum Gasteiger partial charge on any atom is 0.0713 e. The van der Waals surface area contributed by atoms with Crippen LogP contribution in [0, 0.1) is 6.92 Å². The standard InChI is InChI=1S/C39H37N.C10H18.C7H8.2C2H6/c1-5-16-30(19-14-20-31-21-15-24-34(40)29-31)27-28-36-35-25-12-13-26-38(35)39(37(36)18-7-3)32(8-4)22-10-9-11-23-33(39)17-6-2;1-4-7-9-10(6-3)8-5-2;1-7-5-3-2-4-6-7;2*1-2/h5-29H,2,4,40H2,1,3H3;6-7,9H,4-5,8H2,1-3H3;2-6H,1H3;2*1-2H3/b10-9-,16-5-,18-7-,20-14+,23-11-,28-27+,30-19+,32-22-,33-17-;9-7-,10-6-;;;. The Hall–Kier alpha value is -6.18. The summed E-state index contributed by atoms with van der Waals surface area (Å²) in [5, 5.41) is 0. The molecule has 0 aromatic heterocycles. The van der Waals surface area contributed by atoms with Crippen LogP contribution >= 0.6 is 0 Å². The van der Waals surface area contributed by atoms with Gasteiger partial charge in [0.2, 0.25) is 0 Å². The number of hydrogen-bond acceptors (Lipinski definition) is 1. The lowest BCUT2D eigenvalue weighted by atomic mass is 9.65. The van der Waals surface area contributed by atoms with Crippen molar-refractivity contribution in [1.29, 1.82) is 0 Å². The Morgan fingerprint density at radius 2 is 1.48 bits per heavy atom. The van der Waals surface area contributed by atoms with Crippen LogP contribution in [0.1, 0.15) is 104 Å². The molecule has 0 amide bonds. The summed E-state index contributed by atoms with van der Waals surface area (Å²) in [7, 11) is 0. The van der Waals surface area contributed by atoms with Gasteiger partial charge in [-0.25, -0.2) is 0 Å². The highest BCUT2D eigenvalue weighted by Crippen LogP contribution is 2.56. The Morgan fingerprint density at radius 1 is 0.754 bits per heavy atom. The number of fused-ring (bicyclic) bond motifs is 2. The van der Waals surface area contributed by atoms with Crippen LogP contribution in [0.2, 0.25) is 0 Å². The van der Waals surface area contributed by atoms with Crippen LogP contribution in [-0.2, 0) is 5.41 Å². The van der Waals surface area contributed by atoms with E-state index in [4.69, 9.17) is 5.73 Å². The van der Waals surface area contributed by atoms with Gasteiger partial charge in [-0.05, 0) is 97.2 Å². The van der Waals surface area contributed by atoms with Crippen molar-refractivity contribution in [2.24, 2.45) is 0 Å². The van der Waals surface area contributed by atoms with Crippen molar-refractivity contribution in [3.8, 4) is 0 Å². The molecule has 1 atom stereocenters. The van der Waals surface area contributed by atoms with Gasteiger partial charge in [0.15, 0.2) is 0 Å². The van der Waals surface area contributed by atoms with Crippen LogP contribution in [0.3, 0.4) is 0 Å². The first-order chi connectivity index (χ1) is 29.8. The molecule has 3 aromatic rings. The van der Waals surface area contributed by atoms with Gasteiger partial charge in [-0.15, -0.1) is 0 Å². The first-order valence-electron chi connectivity index (χ1n) is 22.2. The molecule has 2 N–H and O–H groups in total. The summed E-state index contributed by atoms with van der Waals surface area (Å²) >= 11 is 0. The first kappa shape index (κ1) is 52.8. The minimum atomic E-state index is -0.516. The maximum absolute atomic E-state index is 5.95. The molecule has 1 nitrogen and oxygen atoms in total. The van der Waals surface area contributed by atoms with Gasteiger partial charge in [-0.3, -0.25) is 0 Å². The molecule has 1 spiro atoms. The van der Waals surface area contributed by atoms with Gasteiger partial charge in [0.05, 0.1) is 5.41 Å². The SMILES string of the molecule is C/C=C(\C=C/CC)CCC.C=C/C=C1/C=C\C=C/C=C(/C=C)C12C(/C=C\C)=C(/C=C/C(/C=C\C)=C/C=C/c1cccc(N)c1)c1ccccc12.CC.CC.Cc1ccccc1. The Balaban J connectivity index is 0.000000728. The van der Waals surface area contributed by atoms with E-state index in [9.17, 15) is 0 Å².